The standard InChI is InChI=1S/C11H6N2O3/c14-11-7-3-1-2-6-9(13(15)16)5-4-8(12-11)10(6)7/h1-5H,(H,12,14). The van der Waals surface area contributed by atoms with Crippen molar-refractivity contribution in [1.82, 2.24) is 0 Å². The van der Waals surface area contributed by atoms with Gasteiger partial charge in [0, 0.05) is 17.0 Å². The fourth-order valence-corrected chi connectivity index (χ4v) is 2.03. The first-order chi connectivity index (χ1) is 7.68. The smallest absolute Gasteiger partial charge is 0.277 e. The molecule has 0 bridgehead atoms. The van der Waals surface area contributed by atoms with Crippen LogP contribution in [0.15, 0.2) is 30.3 Å². The summed E-state index contributed by atoms with van der Waals surface area (Å²) < 4.78 is 0. The molecule has 78 valence electrons. The van der Waals surface area contributed by atoms with E-state index in [1.165, 1.54) is 6.07 Å². The molecular weight excluding hydrogens is 208 g/mol. The number of hydrogen-bond acceptors (Lipinski definition) is 3. The fourth-order valence-electron chi connectivity index (χ4n) is 2.03. The molecule has 0 fully saturated rings. The summed E-state index contributed by atoms with van der Waals surface area (Å²) in [4.78, 5) is 21.9. The molecule has 0 aliphatic carbocycles. The maximum absolute atomic E-state index is 11.5. The van der Waals surface area contributed by atoms with Crippen molar-refractivity contribution in [2.45, 2.75) is 0 Å². The Morgan fingerprint density at radius 1 is 1.19 bits per heavy atom. The number of hydrogen-bond donors (Lipinski definition) is 1. The molecule has 0 atom stereocenters. The first kappa shape index (κ1) is 8.84. The van der Waals surface area contributed by atoms with Crippen molar-refractivity contribution in [2.24, 2.45) is 0 Å². The number of carbonyl (C=O) groups is 1. The van der Waals surface area contributed by atoms with Gasteiger partial charge in [-0.25, -0.2) is 0 Å². The van der Waals surface area contributed by atoms with Gasteiger partial charge in [-0.2, -0.15) is 0 Å². The number of nitrogens with zero attached hydrogens (tertiary/aromatic N) is 1. The van der Waals surface area contributed by atoms with Crippen molar-refractivity contribution < 1.29 is 9.72 Å². The summed E-state index contributed by atoms with van der Waals surface area (Å²) in [5, 5.41) is 14.7. The van der Waals surface area contributed by atoms with Crippen molar-refractivity contribution in [3.05, 3.63) is 46.0 Å². The van der Waals surface area contributed by atoms with E-state index in [9.17, 15) is 14.9 Å². The summed E-state index contributed by atoms with van der Waals surface area (Å²) in [5.41, 5.74) is 1.16. The van der Waals surface area contributed by atoms with Gasteiger partial charge in [0.15, 0.2) is 0 Å². The molecule has 5 heteroatoms. The Bertz CT molecular complexity index is 649. The van der Waals surface area contributed by atoms with E-state index in [0.717, 1.165) is 0 Å². The first-order valence-electron chi connectivity index (χ1n) is 4.70. The van der Waals surface area contributed by atoms with Crippen LogP contribution in [0.4, 0.5) is 11.4 Å². The highest BCUT2D eigenvalue weighted by Crippen LogP contribution is 2.37. The van der Waals surface area contributed by atoms with E-state index in [1.807, 2.05) is 0 Å². The molecule has 2 aromatic rings. The molecular formula is C11H6N2O3. The van der Waals surface area contributed by atoms with E-state index in [1.54, 1.807) is 24.3 Å². The van der Waals surface area contributed by atoms with Gasteiger partial charge >= 0.3 is 0 Å². The predicted octanol–water partition coefficient (Wildman–Crippen LogP) is 2.31. The summed E-state index contributed by atoms with van der Waals surface area (Å²) in [7, 11) is 0. The second-order valence-electron chi connectivity index (χ2n) is 3.57. The first-order valence-corrected chi connectivity index (χ1v) is 4.70. The Kier molecular flexibility index (Phi) is 1.54. The lowest BCUT2D eigenvalue weighted by molar-refractivity contribution is -0.383. The van der Waals surface area contributed by atoms with Crippen molar-refractivity contribution in [3.8, 4) is 0 Å². The molecule has 0 aromatic heterocycles. The van der Waals surface area contributed by atoms with E-state index in [-0.39, 0.29) is 11.6 Å². The lowest BCUT2D eigenvalue weighted by atomic mass is 10.0. The monoisotopic (exact) mass is 214 g/mol. The van der Waals surface area contributed by atoms with Crippen LogP contribution in [0.5, 0.6) is 0 Å². The normalized spacial score (nSPS) is 12.9. The number of nitrogens with one attached hydrogen (secondary N) is 1. The largest absolute Gasteiger partial charge is 0.321 e. The number of non-ortho nitro benzene ring substituents is 1. The molecule has 1 heterocycles. The van der Waals surface area contributed by atoms with Gasteiger partial charge in [-0.15, -0.1) is 0 Å². The molecule has 1 amide bonds. The second kappa shape index (κ2) is 2.79. The fraction of sp³-hybridized carbons (Fsp3) is 0. The van der Waals surface area contributed by atoms with Crippen molar-refractivity contribution in [2.75, 3.05) is 5.32 Å². The quantitative estimate of drug-likeness (QED) is 0.584. The average Bonchev–Trinajstić information content (AvgIpc) is 2.58. The van der Waals surface area contributed by atoms with Gasteiger partial charge in [0.05, 0.1) is 16.0 Å². The number of carbonyl (C=O) groups excluding carboxylic acids is 1. The van der Waals surface area contributed by atoms with E-state index >= 15 is 0 Å². The van der Waals surface area contributed by atoms with Crippen molar-refractivity contribution in [1.29, 1.82) is 0 Å². The van der Waals surface area contributed by atoms with Gasteiger partial charge in [-0.3, -0.25) is 14.9 Å². The molecule has 16 heavy (non-hydrogen) atoms. The maximum Gasteiger partial charge on any atom is 0.277 e. The minimum atomic E-state index is -0.439. The minimum absolute atomic E-state index is 0.0251. The van der Waals surface area contributed by atoms with Gasteiger partial charge in [-0.1, -0.05) is 6.07 Å². The summed E-state index contributed by atoms with van der Waals surface area (Å²) >= 11 is 0. The zero-order valence-corrected chi connectivity index (χ0v) is 8.06. The second-order valence-corrected chi connectivity index (χ2v) is 3.57. The molecule has 1 aliphatic rings. The highest BCUT2D eigenvalue weighted by molar-refractivity contribution is 6.25. The van der Waals surface area contributed by atoms with Crippen molar-refractivity contribution >= 4 is 28.1 Å². The third kappa shape index (κ3) is 0.967. The van der Waals surface area contributed by atoms with Crippen LogP contribution in [-0.4, -0.2) is 10.8 Å². The van der Waals surface area contributed by atoms with E-state index in [2.05, 4.69) is 5.32 Å². The van der Waals surface area contributed by atoms with Crippen LogP contribution < -0.4 is 5.32 Å². The molecule has 1 N–H and O–H groups in total. The average molecular weight is 214 g/mol. The van der Waals surface area contributed by atoms with Gasteiger partial charge in [0.1, 0.15) is 0 Å². The Morgan fingerprint density at radius 2 is 2.00 bits per heavy atom. The molecule has 1 aliphatic heterocycles. The molecule has 3 rings (SSSR count). The van der Waals surface area contributed by atoms with Gasteiger partial charge in [0.2, 0.25) is 0 Å². The van der Waals surface area contributed by atoms with Crippen LogP contribution in [0.25, 0.3) is 10.8 Å². The Labute approximate surface area is 89.8 Å². The van der Waals surface area contributed by atoms with Gasteiger partial charge < -0.3 is 5.32 Å². The number of amides is 1. The number of nitro groups is 1. The molecule has 0 radical (unpaired) electrons. The Morgan fingerprint density at radius 3 is 2.75 bits per heavy atom. The van der Waals surface area contributed by atoms with Gasteiger partial charge in [-0.05, 0) is 18.2 Å². The van der Waals surface area contributed by atoms with Crippen LogP contribution in [-0.2, 0) is 0 Å². The topological polar surface area (TPSA) is 72.2 Å². The third-order valence-electron chi connectivity index (χ3n) is 2.71. The van der Waals surface area contributed by atoms with Crippen LogP contribution >= 0.6 is 0 Å². The Balaban J connectivity index is 2.50. The predicted molar refractivity (Wildman–Crippen MR) is 58.6 cm³/mol. The lowest BCUT2D eigenvalue weighted by Gasteiger charge is -2.00. The SMILES string of the molecule is O=C1Nc2ccc([N+](=O)[O-])c3cccc1c23. The van der Waals surface area contributed by atoms with Crippen LogP contribution in [0, 0.1) is 10.1 Å². The molecule has 5 nitrogen and oxygen atoms in total. The van der Waals surface area contributed by atoms with Crippen LogP contribution in [0.1, 0.15) is 10.4 Å². The number of benzene rings is 2. The van der Waals surface area contributed by atoms with Crippen LogP contribution in [0.3, 0.4) is 0 Å². The Hall–Kier alpha value is -2.43. The maximum atomic E-state index is 11.5. The number of rotatable bonds is 1. The highest BCUT2D eigenvalue weighted by Gasteiger charge is 2.25. The number of anilines is 1. The molecule has 0 unspecified atom stereocenters. The summed E-state index contributed by atoms with van der Waals surface area (Å²) in [6, 6.07) is 7.94. The lowest BCUT2D eigenvalue weighted by Crippen LogP contribution is -2.03. The molecule has 2 aromatic carbocycles. The van der Waals surface area contributed by atoms with E-state index in [4.69, 9.17) is 0 Å². The molecule has 0 spiro atoms. The zero-order valence-electron chi connectivity index (χ0n) is 8.06. The van der Waals surface area contributed by atoms with Crippen molar-refractivity contribution in [3.63, 3.8) is 0 Å². The highest BCUT2D eigenvalue weighted by atomic mass is 16.6. The molecule has 0 saturated heterocycles. The minimum Gasteiger partial charge on any atom is -0.321 e. The van der Waals surface area contributed by atoms with Crippen LogP contribution in [0.2, 0.25) is 0 Å². The third-order valence-corrected chi connectivity index (χ3v) is 2.71. The van der Waals surface area contributed by atoms with E-state index in [0.29, 0.717) is 22.0 Å². The summed E-state index contributed by atoms with van der Waals surface area (Å²) in [6.07, 6.45) is 0. The zero-order chi connectivity index (χ0) is 11.3. The summed E-state index contributed by atoms with van der Waals surface area (Å²) in [6.45, 7) is 0. The van der Waals surface area contributed by atoms with E-state index < -0.39 is 4.92 Å². The number of nitro benzene ring substituents is 1. The molecule has 0 saturated carbocycles. The van der Waals surface area contributed by atoms with Gasteiger partial charge in [0.25, 0.3) is 11.6 Å². The summed E-state index contributed by atoms with van der Waals surface area (Å²) in [5.74, 6) is -0.207.